The summed E-state index contributed by atoms with van der Waals surface area (Å²) in [5.41, 5.74) is 2.00. The van der Waals surface area contributed by atoms with Crippen molar-refractivity contribution in [3.63, 3.8) is 0 Å². The maximum absolute atomic E-state index is 7.85. The summed E-state index contributed by atoms with van der Waals surface area (Å²) in [6.07, 6.45) is 0. The number of hydroxylamine groups is 1. The van der Waals surface area contributed by atoms with Gasteiger partial charge in [-0.05, 0) is 0 Å². The Balaban J connectivity index is 0. The monoisotopic (exact) mass is 129 g/mol. The van der Waals surface area contributed by atoms with E-state index >= 15 is 0 Å². The number of hydrogen-bond acceptors (Lipinski definition) is 4. The lowest BCUT2D eigenvalue weighted by Crippen LogP contribution is -2.15. The van der Waals surface area contributed by atoms with Gasteiger partial charge in [-0.3, -0.25) is 4.84 Å². The lowest BCUT2D eigenvalue weighted by molar-refractivity contribution is -0.0843. The molecular formula is C2H8ClNO3. The van der Waals surface area contributed by atoms with Gasteiger partial charge in [0.05, 0.1) is 0 Å². The lowest BCUT2D eigenvalue weighted by atomic mass is 11.4. The average molecular weight is 130 g/mol. The van der Waals surface area contributed by atoms with Crippen molar-refractivity contribution in [2.75, 3.05) is 13.5 Å². The second-order valence-corrected chi connectivity index (χ2v) is 0.576. The second kappa shape index (κ2) is 9.46. The molecule has 0 saturated carbocycles. The number of aliphatic hydroxyl groups is 2. The summed E-state index contributed by atoms with van der Waals surface area (Å²) in [5.74, 6) is 0. The van der Waals surface area contributed by atoms with E-state index in [0.717, 1.165) is 0 Å². The van der Waals surface area contributed by atoms with Crippen LogP contribution in [-0.4, -0.2) is 23.7 Å². The van der Waals surface area contributed by atoms with Crippen LogP contribution >= 0.6 is 12.4 Å². The molecule has 0 aromatic heterocycles. The molecule has 5 heteroatoms. The van der Waals surface area contributed by atoms with Gasteiger partial charge in [0, 0.05) is 0 Å². The van der Waals surface area contributed by atoms with Gasteiger partial charge in [0.15, 0.2) is 6.79 Å². The highest BCUT2D eigenvalue weighted by Gasteiger charge is 1.71. The van der Waals surface area contributed by atoms with E-state index in [1.54, 1.807) is 0 Å². The number of halogens is 1. The van der Waals surface area contributed by atoms with E-state index in [9.17, 15) is 0 Å². The van der Waals surface area contributed by atoms with Crippen molar-refractivity contribution in [1.29, 1.82) is 0 Å². The minimum absolute atomic E-state index is 0. The zero-order valence-electron chi connectivity index (χ0n) is 3.63. The third-order valence-electron chi connectivity index (χ3n) is 0.231. The van der Waals surface area contributed by atoms with Crippen molar-refractivity contribution in [2.45, 2.75) is 0 Å². The summed E-state index contributed by atoms with van der Waals surface area (Å²) in [6.45, 7) is -0.693. The number of aliphatic hydroxyl groups excluding tert-OH is 2. The Bertz CT molecular complexity index is 24.9. The van der Waals surface area contributed by atoms with E-state index in [1.165, 1.54) is 0 Å². The fourth-order valence-corrected chi connectivity index (χ4v) is 0.0913. The zero-order chi connectivity index (χ0) is 4.83. The molecule has 0 aliphatic carbocycles. The van der Waals surface area contributed by atoms with Crippen LogP contribution in [0.4, 0.5) is 0 Å². The molecule has 0 atom stereocenters. The first-order chi connectivity index (χ1) is 2.91. The zero-order valence-corrected chi connectivity index (χ0v) is 4.44. The predicted molar refractivity (Wildman–Crippen MR) is 25.6 cm³/mol. The highest BCUT2D eigenvalue weighted by molar-refractivity contribution is 5.85. The van der Waals surface area contributed by atoms with Crippen LogP contribution in [0.15, 0.2) is 0 Å². The largest absolute Gasteiger partial charge is 0.379 e. The Hall–Kier alpha value is 0.130. The first-order valence-corrected chi connectivity index (χ1v) is 1.48. The van der Waals surface area contributed by atoms with Crippen LogP contribution in [0.2, 0.25) is 0 Å². The fourth-order valence-electron chi connectivity index (χ4n) is 0.0913. The minimum Gasteiger partial charge on any atom is -0.379 e. The van der Waals surface area contributed by atoms with Crippen molar-refractivity contribution in [2.24, 2.45) is 0 Å². The Morgan fingerprint density at radius 2 is 2.00 bits per heavy atom. The molecule has 0 unspecified atom stereocenters. The summed E-state index contributed by atoms with van der Waals surface area (Å²) in [6, 6.07) is 0. The van der Waals surface area contributed by atoms with Crippen LogP contribution < -0.4 is 5.48 Å². The third-order valence-corrected chi connectivity index (χ3v) is 0.231. The lowest BCUT2D eigenvalue weighted by Gasteiger charge is -1.93. The smallest absolute Gasteiger partial charge is 0.163 e. The van der Waals surface area contributed by atoms with Gasteiger partial charge in [-0.2, -0.15) is 5.48 Å². The first kappa shape index (κ1) is 10.2. The van der Waals surface area contributed by atoms with E-state index < -0.39 is 6.79 Å². The standard InChI is InChI=1S/C2H7NO3.ClH/c4-1-3-6-2-5;/h3-5H,1-2H2;1H. The molecule has 7 heavy (non-hydrogen) atoms. The van der Waals surface area contributed by atoms with Gasteiger partial charge in [-0.1, -0.05) is 0 Å². The molecule has 3 N–H and O–H groups in total. The molecule has 0 rings (SSSR count). The minimum atomic E-state index is -0.416. The molecule has 0 fully saturated rings. The molecule has 0 amide bonds. The van der Waals surface area contributed by atoms with Gasteiger partial charge in [-0.25, -0.2) is 0 Å². The number of rotatable bonds is 3. The molecule has 4 nitrogen and oxygen atoms in total. The van der Waals surface area contributed by atoms with Crippen molar-refractivity contribution in [3.8, 4) is 0 Å². The van der Waals surface area contributed by atoms with Gasteiger partial charge in [0.2, 0.25) is 0 Å². The van der Waals surface area contributed by atoms with Gasteiger partial charge < -0.3 is 10.2 Å². The maximum Gasteiger partial charge on any atom is 0.163 e. The summed E-state index contributed by atoms with van der Waals surface area (Å²) in [4.78, 5) is 4.04. The van der Waals surface area contributed by atoms with Gasteiger partial charge in [0.25, 0.3) is 0 Å². The van der Waals surface area contributed by atoms with Crippen LogP contribution in [0.1, 0.15) is 0 Å². The van der Waals surface area contributed by atoms with Crippen LogP contribution in [-0.2, 0) is 4.84 Å². The van der Waals surface area contributed by atoms with E-state index in [0.29, 0.717) is 0 Å². The molecule has 46 valence electrons. The number of nitrogens with one attached hydrogen (secondary N) is 1. The Kier molecular flexibility index (Phi) is 13.8. The summed E-state index contributed by atoms with van der Waals surface area (Å²) >= 11 is 0. The normalized spacial score (nSPS) is 7.71. The molecule has 0 aliphatic heterocycles. The summed E-state index contributed by atoms with van der Waals surface area (Å²) < 4.78 is 0. The fraction of sp³-hybridized carbons (Fsp3) is 1.00. The Labute approximate surface area is 47.5 Å². The summed E-state index contributed by atoms with van der Waals surface area (Å²) in [5, 5.41) is 15.7. The van der Waals surface area contributed by atoms with E-state index in [1.807, 2.05) is 5.48 Å². The van der Waals surface area contributed by atoms with Gasteiger partial charge in [-0.15, -0.1) is 12.4 Å². The van der Waals surface area contributed by atoms with Crippen LogP contribution in [0.3, 0.4) is 0 Å². The average Bonchev–Trinajstić information content (AvgIpc) is 1.61. The topological polar surface area (TPSA) is 61.7 Å². The third kappa shape index (κ3) is 10.7. The first-order valence-electron chi connectivity index (χ1n) is 1.48. The predicted octanol–water partition coefficient (Wildman–Crippen LogP) is -1.17. The SMILES string of the molecule is Cl.OCNOCO. The number of hydrogen-bond donors (Lipinski definition) is 3. The Morgan fingerprint density at radius 1 is 1.43 bits per heavy atom. The molecule has 0 aliphatic rings. The molecule has 0 aromatic carbocycles. The quantitative estimate of drug-likeness (QED) is 0.255. The second-order valence-electron chi connectivity index (χ2n) is 0.576. The molecular weight excluding hydrogens is 121 g/mol. The molecule has 0 saturated heterocycles. The van der Waals surface area contributed by atoms with E-state index in [4.69, 9.17) is 10.2 Å². The van der Waals surface area contributed by atoms with Crippen molar-refractivity contribution >= 4 is 12.4 Å². The van der Waals surface area contributed by atoms with Crippen LogP contribution in [0.5, 0.6) is 0 Å². The van der Waals surface area contributed by atoms with Crippen molar-refractivity contribution in [3.05, 3.63) is 0 Å². The van der Waals surface area contributed by atoms with Crippen molar-refractivity contribution in [1.82, 2.24) is 5.48 Å². The molecule has 0 radical (unpaired) electrons. The molecule has 0 aromatic rings. The maximum atomic E-state index is 7.85. The molecule has 0 spiro atoms. The Morgan fingerprint density at radius 3 is 2.14 bits per heavy atom. The van der Waals surface area contributed by atoms with Gasteiger partial charge in [0.1, 0.15) is 6.73 Å². The van der Waals surface area contributed by atoms with E-state index in [-0.39, 0.29) is 19.1 Å². The van der Waals surface area contributed by atoms with E-state index in [2.05, 4.69) is 4.84 Å². The molecule has 0 heterocycles. The van der Waals surface area contributed by atoms with Crippen LogP contribution in [0.25, 0.3) is 0 Å². The highest BCUT2D eigenvalue weighted by Crippen LogP contribution is 1.52. The molecule has 0 bridgehead atoms. The highest BCUT2D eigenvalue weighted by atomic mass is 35.5. The van der Waals surface area contributed by atoms with Crippen LogP contribution in [0, 0.1) is 0 Å². The van der Waals surface area contributed by atoms with Crippen molar-refractivity contribution < 1.29 is 15.1 Å². The van der Waals surface area contributed by atoms with Gasteiger partial charge >= 0.3 is 0 Å². The summed E-state index contributed by atoms with van der Waals surface area (Å²) in [7, 11) is 0.